The molecule has 0 saturated carbocycles. The number of aromatic nitrogens is 2. The molecule has 3 nitrogen and oxygen atoms in total. The lowest BCUT2D eigenvalue weighted by atomic mass is 9.97. The Morgan fingerprint density at radius 2 is 1.15 bits per heavy atom. The topological polar surface area (TPSA) is 26.9 Å². The van der Waals surface area contributed by atoms with Crippen molar-refractivity contribution in [1.82, 2.24) is 9.13 Å². The Hall–Kier alpha value is -1.51. The molecule has 1 aromatic heterocycles. The number of hydrogen-bond donors (Lipinski definition) is 0. The number of imidazole rings is 1. The van der Waals surface area contributed by atoms with Crippen molar-refractivity contribution in [3.8, 4) is 0 Å². The Morgan fingerprint density at radius 1 is 0.800 bits per heavy atom. The summed E-state index contributed by atoms with van der Waals surface area (Å²) in [5.41, 5.74) is 2.35. The van der Waals surface area contributed by atoms with E-state index < -0.39 is 0 Å². The molecular weight excluding hydrogens is 248 g/mol. The van der Waals surface area contributed by atoms with E-state index in [2.05, 4.69) is 41.5 Å². The highest BCUT2D eigenvalue weighted by Gasteiger charge is 2.21. The van der Waals surface area contributed by atoms with Crippen LogP contribution in [0.15, 0.2) is 29.1 Å². The SMILES string of the molecule is CC(C)(C)Cn1c(=O)n(CC(C)(C)C)c2ccccc21. The van der Waals surface area contributed by atoms with Crippen molar-refractivity contribution in [1.29, 1.82) is 0 Å². The van der Waals surface area contributed by atoms with Gasteiger partial charge in [-0.25, -0.2) is 4.79 Å². The fourth-order valence-corrected chi connectivity index (χ4v) is 2.53. The average molecular weight is 274 g/mol. The molecule has 1 aromatic carbocycles. The molecular formula is C17H26N2O. The first-order valence-electron chi connectivity index (χ1n) is 7.27. The van der Waals surface area contributed by atoms with Crippen LogP contribution in [-0.4, -0.2) is 9.13 Å². The Balaban J connectivity index is 2.65. The molecule has 1 heterocycles. The molecule has 0 bridgehead atoms. The van der Waals surface area contributed by atoms with Gasteiger partial charge in [-0.3, -0.25) is 9.13 Å². The zero-order valence-electron chi connectivity index (χ0n) is 13.5. The molecule has 3 heteroatoms. The zero-order valence-corrected chi connectivity index (χ0v) is 13.5. The molecule has 110 valence electrons. The third-order valence-electron chi connectivity index (χ3n) is 3.19. The van der Waals surface area contributed by atoms with Crippen molar-refractivity contribution >= 4 is 11.0 Å². The monoisotopic (exact) mass is 274 g/mol. The van der Waals surface area contributed by atoms with Crippen molar-refractivity contribution < 1.29 is 0 Å². The lowest BCUT2D eigenvalue weighted by molar-refractivity contribution is 0.322. The second-order valence-electron chi connectivity index (χ2n) is 8.06. The van der Waals surface area contributed by atoms with Gasteiger partial charge in [0.05, 0.1) is 11.0 Å². The van der Waals surface area contributed by atoms with Crippen molar-refractivity contribution in [2.45, 2.75) is 54.6 Å². The molecule has 2 rings (SSSR count). The second kappa shape index (κ2) is 4.80. The molecule has 20 heavy (non-hydrogen) atoms. The summed E-state index contributed by atoms with van der Waals surface area (Å²) in [5.74, 6) is 0. The molecule has 0 aliphatic heterocycles. The van der Waals surface area contributed by atoms with Crippen LogP contribution in [0.1, 0.15) is 41.5 Å². The molecule has 0 saturated heterocycles. The maximum atomic E-state index is 12.8. The number of benzene rings is 1. The van der Waals surface area contributed by atoms with E-state index in [1.165, 1.54) is 0 Å². The van der Waals surface area contributed by atoms with Crippen molar-refractivity contribution in [2.24, 2.45) is 10.8 Å². The lowest BCUT2D eigenvalue weighted by Crippen LogP contribution is -2.31. The minimum atomic E-state index is 0.0838. The van der Waals surface area contributed by atoms with Gasteiger partial charge >= 0.3 is 5.69 Å². The van der Waals surface area contributed by atoms with E-state index in [4.69, 9.17) is 0 Å². The Bertz CT molecular complexity index is 607. The zero-order chi connectivity index (χ0) is 15.1. The molecule has 0 atom stereocenters. The van der Waals surface area contributed by atoms with Gasteiger partial charge in [0, 0.05) is 13.1 Å². The standard InChI is InChI=1S/C17H26N2O/c1-16(2,3)11-18-13-9-7-8-10-14(13)19(15(18)20)12-17(4,5)6/h7-10H,11-12H2,1-6H3. The minimum Gasteiger partial charge on any atom is -0.291 e. The van der Waals surface area contributed by atoms with Crippen LogP contribution in [0.25, 0.3) is 11.0 Å². The van der Waals surface area contributed by atoms with Crippen molar-refractivity contribution in [2.75, 3.05) is 0 Å². The van der Waals surface area contributed by atoms with Gasteiger partial charge in [0.15, 0.2) is 0 Å². The predicted molar refractivity (Wildman–Crippen MR) is 85.1 cm³/mol. The van der Waals surface area contributed by atoms with E-state index in [1.807, 2.05) is 33.4 Å². The molecule has 0 radical (unpaired) electrons. The van der Waals surface area contributed by atoms with E-state index in [1.54, 1.807) is 0 Å². The Labute approximate surface area is 121 Å². The highest BCUT2D eigenvalue weighted by molar-refractivity contribution is 5.76. The number of fused-ring (bicyclic) bond motifs is 1. The molecule has 0 aliphatic carbocycles. The fraction of sp³-hybridized carbons (Fsp3) is 0.588. The highest BCUT2D eigenvalue weighted by atomic mass is 16.1. The first-order chi connectivity index (χ1) is 9.08. The van der Waals surface area contributed by atoms with Crippen LogP contribution in [0, 0.1) is 10.8 Å². The smallest absolute Gasteiger partial charge is 0.291 e. The number of hydrogen-bond acceptors (Lipinski definition) is 1. The summed E-state index contributed by atoms with van der Waals surface area (Å²) >= 11 is 0. The van der Waals surface area contributed by atoms with Crippen molar-refractivity contribution in [3.05, 3.63) is 34.7 Å². The quantitative estimate of drug-likeness (QED) is 0.816. The van der Waals surface area contributed by atoms with Crippen LogP contribution in [0.4, 0.5) is 0 Å². The number of rotatable bonds is 2. The molecule has 0 spiro atoms. The van der Waals surface area contributed by atoms with Gasteiger partial charge in [0.2, 0.25) is 0 Å². The van der Waals surface area contributed by atoms with Gasteiger partial charge in [0.25, 0.3) is 0 Å². The third kappa shape index (κ3) is 3.14. The van der Waals surface area contributed by atoms with E-state index in [0.717, 1.165) is 24.1 Å². The first kappa shape index (κ1) is 14.9. The van der Waals surface area contributed by atoms with Gasteiger partial charge in [0.1, 0.15) is 0 Å². The van der Waals surface area contributed by atoms with E-state index in [0.29, 0.717) is 0 Å². The van der Waals surface area contributed by atoms with Gasteiger partial charge in [-0.2, -0.15) is 0 Å². The van der Waals surface area contributed by atoms with Gasteiger partial charge < -0.3 is 0 Å². The Kier molecular flexibility index (Phi) is 3.57. The number of nitrogens with zero attached hydrogens (tertiary/aromatic N) is 2. The van der Waals surface area contributed by atoms with Crippen LogP contribution in [0.2, 0.25) is 0 Å². The summed E-state index contributed by atoms with van der Waals surface area (Å²) in [6.45, 7) is 14.5. The Morgan fingerprint density at radius 3 is 1.45 bits per heavy atom. The van der Waals surface area contributed by atoms with E-state index >= 15 is 0 Å². The van der Waals surface area contributed by atoms with Gasteiger partial charge in [-0.1, -0.05) is 53.7 Å². The lowest BCUT2D eigenvalue weighted by Gasteiger charge is -2.19. The van der Waals surface area contributed by atoms with Crippen LogP contribution >= 0.6 is 0 Å². The molecule has 0 N–H and O–H groups in total. The first-order valence-corrected chi connectivity index (χ1v) is 7.27. The molecule has 2 aromatic rings. The van der Waals surface area contributed by atoms with Crippen LogP contribution in [-0.2, 0) is 13.1 Å². The molecule has 0 amide bonds. The summed E-state index contributed by atoms with van der Waals surface area (Å²) in [6.07, 6.45) is 0. The highest BCUT2D eigenvalue weighted by Crippen LogP contribution is 2.23. The van der Waals surface area contributed by atoms with Gasteiger partial charge in [-0.15, -0.1) is 0 Å². The minimum absolute atomic E-state index is 0.0838. The van der Waals surface area contributed by atoms with Gasteiger partial charge in [-0.05, 0) is 23.0 Å². The summed E-state index contributed by atoms with van der Waals surface area (Å²) in [4.78, 5) is 12.8. The maximum Gasteiger partial charge on any atom is 0.329 e. The van der Waals surface area contributed by atoms with Crippen LogP contribution < -0.4 is 5.69 Å². The summed E-state index contributed by atoms with van der Waals surface area (Å²) in [7, 11) is 0. The van der Waals surface area contributed by atoms with Crippen molar-refractivity contribution in [3.63, 3.8) is 0 Å². The van der Waals surface area contributed by atoms with E-state index in [9.17, 15) is 4.79 Å². The number of para-hydroxylation sites is 2. The molecule has 0 fully saturated rings. The predicted octanol–water partition coefficient (Wildman–Crippen LogP) is 3.90. The summed E-state index contributed by atoms with van der Waals surface area (Å²) in [6, 6.07) is 8.09. The van der Waals surface area contributed by atoms with Crippen LogP contribution in [0.5, 0.6) is 0 Å². The average Bonchev–Trinajstić information content (AvgIpc) is 2.52. The van der Waals surface area contributed by atoms with E-state index in [-0.39, 0.29) is 16.5 Å². The second-order valence-corrected chi connectivity index (χ2v) is 8.06. The summed E-state index contributed by atoms with van der Waals surface area (Å²) < 4.78 is 3.84. The normalized spacial score (nSPS) is 13.1. The third-order valence-corrected chi connectivity index (χ3v) is 3.19. The van der Waals surface area contributed by atoms with Crippen LogP contribution in [0.3, 0.4) is 0 Å². The molecule has 0 unspecified atom stereocenters. The maximum absolute atomic E-state index is 12.8. The molecule has 0 aliphatic rings. The fourth-order valence-electron chi connectivity index (χ4n) is 2.53. The largest absolute Gasteiger partial charge is 0.329 e. The summed E-state index contributed by atoms with van der Waals surface area (Å²) in [5, 5.41) is 0.